The van der Waals surface area contributed by atoms with E-state index in [9.17, 15) is 9.59 Å². The van der Waals surface area contributed by atoms with E-state index < -0.39 is 5.97 Å². The average Bonchev–Trinajstić information content (AvgIpc) is 2.98. The van der Waals surface area contributed by atoms with E-state index in [4.69, 9.17) is 9.47 Å². The summed E-state index contributed by atoms with van der Waals surface area (Å²) in [6, 6.07) is 7.03. The molecule has 1 aromatic heterocycles. The zero-order valence-electron chi connectivity index (χ0n) is 17.8. The van der Waals surface area contributed by atoms with Crippen molar-refractivity contribution >= 4 is 28.2 Å². The highest BCUT2D eigenvalue weighted by molar-refractivity contribution is 7.17. The summed E-state index contributed by atoms with van der Waals surface area (Å²) < 4.78 is 10.7. The Labute approximate surface area is 175 Å². The van der Waals surface area contributed by atoms with Gasteiger partial charge < -0.3 is 20.1 Å². The molecule has 0 saturated carbocycles. The molecule has 156 valence electrons. The van der Waals surface area contributed by atoms with Crippen LogP contribution in [0, 0.1) is 0 Å². The van der Waals surface area contributed by atoms with Crippen molar-refractivity contribution < 1.29 is 24.4 Å². The summed E-state index contributed by atoms with van der Waals surface area (Å²) in [7, 11) is 1.53. The topological polar surface area (TPSA) is 81.2 Å². The number of ether oxygens (including phenoxy) is 2. The number of methoxy groups -OCH3 is 1. The minimum atomic E-state index is -0.395. The smallest absolute Gasteiger partial charge is 0.341 e. The van der Waals surface area contributed by atoms with Gasteiger partial charge in [-0.2, -0.15) is 0 Å². The third kappa shape index (κ3) is 4.16. The van der Waals surface area contributed by atoms with Gasteiger partial charge >= 0.3 is 5.97 Å². The van der Waals surface area contributed by atoms with Crippen molar-refractivity contribution in [3.8, 4) is 5.75 Å². The van der Waals surface area contributed by atoms with Crippen LogP contribution in [0.1, 0.15) is 65.8 Å². The van der Waals surface area contributed by atoms with Gasteiger partial charge in [-0.25, -0.2) is 4.79 Å². The molecule has 2 heterocycles. The van der Waals surface area contributed by atoms with Gasteiger partial charge in [0, 0.05) is 6.42 Å². The van der Waals surface area contributed by atoms with E-state index in [1.165, 1.54) is 18.4 Å². The van der Waals surface area contributed by atoms with Gasteiger partial charge in [-0.1, -0.05) is 12.1 Å². The van der Waals surface area contributed by atoms with Crippen LogP contribution < -0.4 is 15.4 Å². The number of para-hydroxylation sites is 1. The van der Waals surface area contributed by atoms with Gasteiger partial charge in [-0.05, 0) is 52.3 Å². The molecule has 1 aliphatic heterocycles. The summed E-state index contributed by atoms with van der Waals surface area (Å²) >= 11 is 1.46. The lowest BCUT2D eigenvalue weighted by molar-refractivity contribution is -0.789. The monoisotopic (exact) mass is 417 g/mol. The van der Waals surface area contributed by atoms with Crippen molar-refractivity contribution in [2.45, 2.75) is 52.1 Å². The number of thiophene rings is 1. The van der Waals surface area contributed by atoms with Crippen LogP contribution in [0.2, 0.25) is 0 Å². The SMILES string of the molecule is CCOC(=O)c1c(NC(=O)c2ccccc2OC)sc2c1CC(C)(C)[NH2+]C2(C)C. The Hall–Kier alpha value is -2.38. The van der Waals surface area contributed by atoms with Gasteiger partial charge in [0.1, 0.15) is 16.3 Å². The first-order valence-electron chi connectivity index (χ1n) is 9.74. The number of hydrogen-bond acceptors (Lipinski definition) is 5. The average molecular weight is 418 g/mol. The van der Waals surface area contributed by atoms with Crippen molar-refractivity contribution in [3.63, 3.8) is 0 Å². The quantitative estimate of drug-likeness (QED) is 0.732. The molecule has 7 heteroatoms. The van der Waals surface area contributed by atoms with E-state index in [1.54, 1.807) is 25.1 Å². The third-order valence-electron chi connectivity index (χ3n) is 5.03. The van der Waals surface area contributed by atoms with Gasteiger partial charge in [-0.3, -0.25) is 4.79 Å². The summed E-state index contributed by atoms with van der Waals surface area (Å²) in [6.45, 7) is 10.7. The highest BCUT2D eigenvalue weighted by Gasteiger charge is 2.45. The van der Waals surface area contributed by atoms with Crippen LogP contribution >= 0.6 is 11.3 Å². The predicted octanol–water partition coefficient (Wildman–Crippen LogP) is 3.32. The second kappa shape index (κ2) is 7.80. The van der Waals surface area contributed by atoms with Crippen LogP contribution in [0.25, 0.3) is 0 Å². The number of benzene rings is 1. The fourth-order valence-corrected chi connectivity index (χ4v) is 5.49. The Morgan fingerprint density at radius 2 is 1.90 bits per heavy atom. The number of nitrogens with two attached hydrogens (primary N) is 1. The normalized spacial score (nSPS) is 16.6. The minimum absolute atomic E-state index is 0.0667. The highest BCUT2D eigenvalue weighted by atomic mass is 32.1. The molecule has 0 atom stereocenters. The fraction of sp³-hybridized carbons (Fsp3) is 0.455. The Morgan fingerprint density at radius 1 is 1.21 bits per heavy atom. The van der Waals surface area contributed by atoms with Gasteiger partial charge in [0.15, 0.2) is 0 Å². The van der Waals surface area contributed by atoms with Crippen LogP contribution in [0.15, 0.2) is 24.3 Å². The molecule has 0 bridgehead atoms. The number of hydrogen-bond donors (Lipinski definition) is 2. The standard InChI is InChI=1S/C22H28N2O4S/c1-7-28-20(26)16-14-12-21(2,3)24-22(4,5)17(14)29-19(16)23-18(25)13-10-8-9-11-15(13)27-6/h8-11,24H,7,12H2,1-6H3,(H,23,25)/p+1. The van der Waals surface area contributed by atoms with Crippen LogP contribution in [0.4, 0.5) is 5.00 Å². The van der Waals surface area contributed by atoms with E-state index in [0.29, 0.717) is 21.9 Å². The van der Waals surface area contributed by atoms with Crippen molar-refractivity contribution in [2.75, 3.05) is 19.0 Å². The lowest BCUT2D eigenvalue weighted by Gasteiger charge is -2.38. The van der Waals surface area contributed by atoms with Crippen LogP contribution in [-0.4, -0.2) is 31.1 Å². The van der Waals surface area contributed by atoms with Crippen molar-refractivity contribution in [1.29, 1.82) is 0 Å². The van der Waals surface area contributed by atoms with Crippen molar-refractivity contribution in [2.24, 2.45) is 0 Å². The predicted molar refractivity (Wildman–Crippen MR) is 114 cm³/mol. The molecule has 3 rings (SSSR count). The molecule has 0 saturated heterocycles. The number of esters is 1. The number of nitrogens with one attached hydrogen (secondary N) is 1. The number of rotatable bonds is 5. The van der Waals surface area contributed by atoms with Gasteiger partial charge in [0.25, 0.3) is 5.91 Å². The molecule has 3 N–H and O–H groups in total. The maximum absolute atomic E-state index is 13.0. The van der Waals surface area contributed by atoms with Crippen molar-refractivity contribution in [3.05, 3.63) is 45.8 Å². The molecular weight excluding hydrogens is 388 g/mol. The molecule has 2 aromatic rings. The molecule has 0 unspecified atom stereocenters. The van der Waals surface area contributed by atoms with Gasteiger partial charge in [0.05, 0.1) is 35.3 Å². The molecule has 0 aliphatic carbocycles. The van der Waals surface area contributed by atoms with Crippen LogP contribution in [0.3, 0.4) is 0 Å². The first-order valence-corrected chi connectivity index (χ1v) is 10.6. The Morgan fingerprint density at radius 3 is 2.55 bits per heavy atom. The summed E-state index contributed by atoms with van der Waals surface area (Å²) in [4.78, 5) is 26.9. The molecule has 0 spiro atoms. The molecule has 29 heavy (non-hydrogen) atoms. The summed E-state index contributed by atoms with van der Waals surface area (Å²) in [5.41, 5.74) is 1.59. The van der Waals surface area contributed by atoms with E-state index in [0.717, 1.165) is 16.9 Å². The number of quaternary nitrogens is 1. The van der Waals surface area contributed by atoms with E-state index in [1.807, 2.05) is 6.07 Å². The van der Waals surface area contributed by atoms with Gasteiger partial charge in [0.2, 0.25) is 0 Å². The largest absolute Gasteiger partial charge is 0.496 e. The Bertz CT molecular complexity index is 946. The van der Waals surface area contributed by atoms with Crippen molar-refractivity contribution in [1.82, 2.24) is 0 Å². The first kappa shape index (κ1) is 21.3. The number of fused-ring (bicyclic) bond motifs is 1. The molecule has 0 fully saturated rings. The van der Waals surface area contributed by atoms with E-state index >= 15 is 0 Å². The number of carbonyl (C=O) groups excluding carboxylic acids is 2. The lowest BCUT2D eigenvalue weighted by Crippen LogP contribution is -3.03. The van der Waals surface area contributed by atoms with Gasteiger partial charge in [-0.15, -0.1) is 11.3 Å². The minimum Gasteiger partial charge on any atom is -0.496 e. The number of amides is 1. The summed E-state index contributed by atoms with van der Waals surface area (Å²) in [5.74, 6) is -0.222. The molecule has 1 aliphatic rings. The lowest BCUT2D eigenvalue weighted by atomic mass is 9.81. The third-order valence-corrected chi connectivity index (χ3v) is 6.52. The Kier molecular flexibility index (Phi) is 5.74. The maximum atomic E-state index is 13.0. The van der Waals surface area contributed by atoms with E-state index in [2.05, 4.69) is 38.3 Å². The molecule has 0 radical (unpaired) electrons. The van der Waals surface area contributed by atoms with Crippen LogP contribution in [0.5, 0.6) is 5.75 Å². The second-order valence-electron chi connectivity index (χ2n) is 8.52. The summed E-state index contributed by atoms with van der Waals surface area (Å²) in [6.07, 6.45) is 0.723. The highest BCUT2D eigenvalue weighted by Crippen LogP contribution is 2.42. The fourth-order valence-electron chi connectivity index (χ4n) is 4.21. The molecule has 1 aromatic carbocycles. The zero-order valence-corrected chi connectivity index (χ0v) is 18.7. The maximum Gasteiger partial charge on any atom is 0.341 e. The molecular formula is C22H29N2O4S+. The van der Waals surface area contributed by atoms with Crippen LogP contribution in [-0.2, 0) is 16.7 Å². The molecule has 6 nitrogen and oxygen atoms in total. The Balaban J connectivity index is 2.08. The van der Waals surface area contributed by atoms with E-state index in [-0.39, 0.29) is 23.6 Å². The summed E-state index contributed by atoms with van der Waals surface area (Å²) in [5, 5.41) is 5.80. The second-order valence-corrected chi connectivity index (χ2v) is 9.54. The number of carbonyl (C=O) groups is 2. The molecule has 1 amide bonds. The first-order chi connectivity index (χ1) is 13.6. The zero-order chi connectivity index (χ0) is 21.4. The number of anilines is 1.